The molecule has 0 unspecified atom stereocenters. The first-order valence-corrected chi connectivity index (χ1v) is 23.3. The molecular weight excluding hydrogens is 821 g/mol. The highest BCUT2D eigenvalue weighted by molar-refractivity contribution is 5.71. The molecule has 0 radical (unpaired) electrons. The number of rotatable bonds is 32. The Balaban J connectivity index is 2.10. The zero-order chi connectivity index (χ0) is 47.7. The van der Waals surface area contributed by atoms with Gasteiger partial charge in [-0.15, -0.1) is 0 Å². The molecule has 0 spiro atoms. The molecule has 0 bridgehead atoms. The van der Waals surface area contributed by atoms with E-state index in [1.807, 2.05) is 0 Å². The predicted octanol–water partition coefficient (Wildman–Crippen LogP) is 8.44. The van der Waals surface area contributed by atoms with Crippen LogP contribution in [0.4, 0.5) is 4.79 Å². The second kappa shape index (κ2) is 29.8. The first-order valence-electron chi connectivity index (χ1n) is 23.3. The fraction of sp³-hybridized carbons (Fsp3) is 0.745. The lowest BCUT2D eigenvalue weighted by Gasteiger charge is -2.31. The summed E-state index contributed by atoms with van der Waals surface area (Å²) >= 11 is 0. The lowest BCUT2D eigenvalue weighted by atomic mass is 9.78. The van der Waals surface area contributed by atoms with Gasteiger partial charge in [0.2, 0.25) is 0 Å². The summed E-state index contributed by atoms with van der Waals surface area (Å²) in [6.07, 6.45) is 2.52. The van der Waals surface area contributed by atoms with E-state index in [9.17, 15) is 4.79 Å². The molecule has 0 aromatic heterocycles. The van der Waals surface area contributed by atoms with Crippen molar-refractivity contribution < 1.29 is 62.4 Å². The third-order valence-corrected chi connectivity index (χ3v) is 10.1. The highest BCUT2D eigenvalue weighted by atomic mass is 16.7. The number of aryl methyl sites for hydroxylation is 2. The zero-order valence-corrected chi connectivity index (χ0v) is 41.8. The molecule has 2 rings (SSSR count). The smallest absolute Gasteiger partial charge is 0.394 e. The number of hydrogen-bond acceptors (Lipinski definition) is 13. The van der Waals surface area contributed by atoms with E-state index in [0.29, 0.717) is 117 Å². The van der Waals surface area contributed by atoms with Crippen LogP contribution < -0.4 is 9.47 Å². The van der Waals surface area contributed by atoms with E-state index in [1.165, 1.54) is 0 Å². The summed E-state index contributed by atoms with van der Waals surface area (Å²) in [5.74, 6) is 1.10. The van der Waals surface area contributed by atoms with Crippen molar-refractivity contribution in [2.45, 2.75) is 130 Å². The molecule has 0 amide bonds. The van der Waals surface area contributed by atoms with Crippen molar-refractivity contribution in [3.63, 3.8) is 0 Å². The molecule has 0 heterocycles. The van der Waals surface area contributed by atoms with Gasteiger partial charge in [0.1, 0.15) is 11.5 Å². The van der Waals surface area contributed by atoms with Crippen LogP contribution in [0.3, 0.4) is 0 Å². The van der Waals surface area contributed by atoms with E-state index in [-0.39, 0.29) is 34.9 Å². The SMILES string of the molecule is CC(C)(C)c1cc(CCCOCCOCCOCCOCCO)cc(C(C)(C)C)c1OC(=O)Oc1c(C(C)(C)C)cc(CCCOCCOCCOCCOCCO)cc1C(C)(C)C. The molecule has 13 nitrogen and oxygen atoms in total. The van der Waals surface area contributed by atoms with Crippen molar-refractivity contribution >= 4 is 6.16 Å². The van der Waals surface area contributed by atoms with Gasteiger partial charge in [-0.2, -0.15) is 0 Å². The molecule has 2 aromatic carbocycles. The summed E-state index contributed by atoms with van der Waals surface area (Å²) in [6, 6.07) is 8.66. The molecule has 2 N–H and O–H groups in total. The van der Waals surface area contributed by atoms with Crippen LogP contribution in [0, 0.1) is 0 Å². The fourth-order valence-corrected chi connectivity index (χ4v) is 6.71. The number of aliphatic hydroxyl groups is 2. The minimum Gasteiger partial charge on any atom is -0.394 e. The van der Waals surface area contributed by atoms with Crippen molar-refractivity contribution in [1.29, 1.82) is 0 Å². The van der Waals surface area contributed by atoms with Gasteiger partial charge in [-0.05, 0) is 58.5 Å². The van der Waals surface area contributed by atoms with Crippen molar-refractivity contribution in [3.8, 4) is 11.5 Å². The molecule has 368 valence electrons. The minimum absolute atomic E-state index is 0.0102. The molecular formula is C51H86O13. The Morgan fingerprint density at radius 2 is 0.594 bits per heavy atom. The van der Waals surface area contributed by atoms with Crippen molar-refractivity contribution in [2.75, 3.05) is 119 Å². The Morgan fingerprint density at radius 1 is 0.375 bits per heavy atom. The van der Waals surface area contributed by atoms with E-state index in [0.717, 1.165) is 59.1 Å². The van der Waals surface area contributed by atoms with Crippen LogP contribution in [0.5, 0.6) is 11.5 Å². The Bertz CT molecular complexity index is 1400. The Labute approximate surface area is 386 Å². The third kappa shape index (κ3) is 23.2. The summed E-state index contributed by atoms with van der Waals surface area (Å²) in [5, 5.41) is 17.5. The molecule has 0 saturated heterocycles. The standard InChI is InChI=1S/C51H86O13/c1-48(2,3)41-35-39(15-13-19-55-23-27-59-31-33-61-29-25-57-21-17-52)36-42(49(4,5)6)45(41)63-47(54)64-46-43(50(7,8)9)37-40(38-44(46)51(10,11)12)16-14-20-56-24-28-60-32-34-62-30-26-58-22-18-53/h35-38,52-53H,13-34H2,1-12H3. The van der Waals surface area contributed by atoms with Crippen molar-refractivity contribution in [1.82, 2.24) is 0 Å². The topological polar surface area (TPSA) is 150 Å². The van der Waals surface area contributed by atoms with Gasteiger partial charge in [0.05, 0.1) is 106 Å². The van der Waals surface area contributed by atoms with Gasteiger partial charge in [0, 0.05) is 35.5 Å². The highest BCUT2D eigenvalue weighted by Gasteiger charge is 2.33. The molecule has 13 heteroatoms. The third-order valence-electron chi connectivity index (χ3n) is 10.1. The largest absolute Gasteiger partial charge is 0.519 e. The first kappa shape index (κ1) is 57.4. The van der Waals surface area contributed by atoms with Crippen molar-refractivity contribution in [2.24, 2.45) is 0 Å². The molecule has 0 saturated carbocycles. The summed E-state index contributed by atoms with van der Waals surface area (Å²) in [7, 11) is 0. The van der Waals surface area contributed by atoms with Crippen LogP contribution in [-0.2, 0) is 72.4 Å². The average Bonchev–Trinajstić information content (AvgIpc) is 3.20. The number of carbonyl (C=O) groups excluding carboxylic acids is 1. The van der Waals surface area contributed by atoms with Crippen molar-refractivity contribution in [3.05, 3.63) is 57.6 Å². The van der Waals surface area contributed by atoms with Crippen LogP contribution in [-0.4, -0.2) is 135 Å². The Kier molecular flexibility index (Phi) is 26.8. The number of hydrogen-bond donors (Lipinski definition) is 2. The lowest BCUT2D eigenvalue weighted by molar-refractivity contribution is -0.00564. The Hall–Kier alpha value is -2.69. The van der Waals surface area contributed by atoms with Gasteiger partial charge in [-0.3, -0.25) is 0 Å². The number of aliphatic hydroxyl groups excluding tert-OH is 2. The summed E-state index contributed by atoms with van der Waals surface area (Å²) in [5.41, 5.74) is 4.82. The van der Waals surface area contributed by atoms with E-state index in [4.69, 9.17) is 57.6 Å². The van der Waals surface area contributed by atoms with E-state index in [2.05, 4.69) is 107 Å². The second-order valence-electron chi connectivity index (χ2n) is 20.0. The van der Waals surface area contributed by atoms with Crippen LogP contribution in [0.25, 0.3) is 0 Å². The maximum atomic E-state index is 14.2. The van der Waals surface area contributed by atoms with Crippen LogP contribution in [0.15, 0.2) is 24.3 Å². The quantitative estimate of drug-likeness (QED) is 0.0411. The predicted molar refractivity (Wildman–Crippen MR) is 252 cm³/mol. The summed E-state index contributed by atoms with van der Waals surface area (Å²) in [6.45, 7) is 33.3. The molecule has 2 aromatic rings. The van der Waals surface area contributed by atoms with Gasteiger partial charge >= 0.3 is 6.16 Å². The highest BCUT2D eigenvalue weighted by Crippen LogP contribution is 2.44. The maximum Gasteiger partial charge on any atom is 0.519 e. The first-order chi connectivity index (χ1) is 30.2. The summed E-state index contributed by atoms with van der Waals surface area (Å²) in [4.78, 5) is 14.2. The monoisotopic (exact) mass is 907 g/mol. The number of carbonyl (C=O) groups is 1. The van der Waals surface area contributed by atoms with E-state index in [1.54, 1.807) is 0 Å². The number of ether oxygens (including phenoxy) is 10. The maximum absolute atomic E-state index is 14.2. The second-order valence-corrected chi connectivity index (χ2v) is 20.0. The molecule has 0 aliphatic carbocycles. The van der Waals surface area contributed by atoms with E-state index >= 15 is 0 Å². The molecule has 0 aliphatic rings. The lowest BCUT2D eigenvalue weighted by Crippen LogP contribution is -2.26. The molecule has 64 heavy (non-hydrogen) atoms. The molecule has 0 aliphatic heterocycles. The minimum atomic E-state index is -0.754. The number of benzene rings is 2. The van der Waals surface area contributed by atoms with Crippen LogP contribution >= 0.6 is 0 Å². The summed E-state index contributed by atoms with van der Waals surface area (Å²) < 4.78 is 57.0. The van der Waals surface area contributed by atoms with E-state index < -0.39 is 6.16 Å². The van der Waals surface area contributed by atoms with Gasteiger partial charge < -0.3 is 57.6 Å². The van der Waals surface area contributed by atoms with Gasteiger partial charge in [0.15, 0.2) is 0 Å². The van der Waals surface area contributed by atoms with Gasteiger partial charge in [-0.1, -0.05) is 107 Å². The Morgan fingerprint density at radius 3 is 0.812 bits per heavy atom. The molecule has 0 fully saturated rings. The fourth-order valence-electron chi connectivity index (χ4n) is 6.71. The van der Waals surface area contributed by atoms with Gasteiger partial charge in [0.25, 0.3) is 0 Å². The van der Waals surface area contributed by atoms with Crippen LogP contribution in [0.2, 0.25) is 0 Å². The normalized spacial score (nSPS) is 12.6. The van der Waals surface area contributed by atoms with Crippen LogP contribution in [0.1, 0.15) is 129 Å². The molecule has 0 atom stereocenters. The zero-order valence-electron chi connectivity index (χ0n) is 41.8. The average molecular weight is 907 g/mol. The van der Waals surface area contributed by atoms with Gasteiger partial charge in [-0.25, -0.2) is 4.79 Å².